The summed E-state index contributed by atoms with van der Waals surface area (Å²) < 4.78 is 89.2. The van der Waals surface area contributed by atoms with Gasteiger partial charge in [-0.15, -0.1) is 0 Å². The number of imidazole rings is 2. The number of aromatic amines is 2. The third-order valence-corrected chi connectivity index (χ3v) is 18.6. The van der Waals surface area contributed by atoms with Gasteiger partial charge in [0.15, 0.2) is 11.6 Å². The minimum atomic E-state index is -1.10. The highest BCUT2D eigenvalue weighted by molar-refractivity contribution is 5.87. The topological polar surface area (TPSA) is 203 Å². The predicted molar refractivity (Wildman–Crippen MR) is 300 cm³/mol. The van der Waals surface area contributed by atoms with E-state index >= 15 is 17.6 Å². The highest BCUT2D eigenvalue weighted by Gasteiger charge is 2.44. The molecule has 22 heteroatoms. The van der Waals surface area contributed by atoms with Crippen LogP contribution >= 0.6 is 0 Å². The number of fused-ring (bicyclic) bond motifs is 2. The van der Waals surface area contributed by atoms with E-state index < -0.39 is 77.9 Å². The van der Waals surface area contributed by atoms with E-state index in [0.717, 1.165) is 6.42 Å². The zero-order valence-electron chi connectivity index (χ0n) is 46.8. The summed E-state index contributed by atoms with van der Waals surface area (Å²) in [5, 5.41) is 17.7. The molecular formula is C61H72F4N10O8. The number of aliphatic hydroxyl groups is 1. The van der Waals surface area contributed by atoms with Gasteiger partial charge in [0.1, 0.15) is 41.2 Å². The third kappa shape index (κ3) is 11.3. The maximum Gasteiger partial charge on any atom is 0.407 e. The van der Waals surface area contributed by atoms with Crippen molar-refractivity contribution in [3.05, 3.63) is 118 Å². The quantitative estimate of drug-likeness (QED) is 0.0646. The summed E-state index contributed by atoms with van der Waals surface area (Å²) in [7, 11) is 2.53. The lowest BCUT2D eigenvalue weighted by Crippen LogP contribution is -2.56. The summed E-state index contributed by atoms with van der Waals surface area (Å²) in [6.45, 7) is 3.70. The van der Waals surface area contributed by atoms with Crippen LogP contribution < -0.4 is 20.4 Å². The number of hydrogen-bond donors (Lipinski definition) is 5. The van der Waals surface area contributed by atoms with Crippen LogP contribution in [0.2, 0.25) is 0 Å². The van der Waals surface area contributed by atoms with Crippen molar-refractivity contribution in [2.45, 2.75) is 125 Å². The van der Waals surface area contributed by atoms with E-state index in [-0.39, 0.29) is 59.0 Å². The van der Waals surface area contributed by atoms with Crippen molar-refractivity contribution in [3.8, 4) is 0 Å². The molecule has 0 saturated carbocycles. The molecule has 1 unspecified atom stereocenters. The molecule has 0 bridgehead atoms. The second kappa shape index (κ2) is 24.3. The number of aromatic nitrogens is 4. The van der Waals surface area contributed by atoms with Gasteiger partial charge in [-0.3, -0.25) is 9.69 Å². The van der Waals surface area contributed by atoms with Crippen molar-refractivity contribution >= 4 is 51.5 Å². The Morgan fingerprint density at radius 3 is 1.76 bits per heavy atom. The molecule has 442 valence electrons. The van der Waals surface area contributed by atoms with Crippen LogP contribution in [0.4, 0.5) is 38.5 Å². The second-order valence-electron chi connectivity index (χ2n) is 23.1. The molecule has 6 aliphatic rings. The van der Waals surface area contributed by atoms with Crippen molar-refractivity contribution < 1.29 is 56.0 Å². The molecule has 6 fully saturated rings. The summed E-state index contributed by atoms with van der Waals surface area (Å²) in [6.07, 6.45) is 4.48. The summed E-state index contributed by atoms with van der Waals surface area (Å²) in [5.41, 5.74) is 3.16. The molecule has 6 aliphatic heterocycles. The molecule has 0 spiro atoms. The van der Waals surface area contributed by atoms with Crippen molar-refractivity contribution in [3.63, 3.8) is 0 Å². The molecule has 5 N–H and O–H groups in total. The molecule has 3 amide bonds. The highest BCUT2D eigenvalue weighted by atomic mass is 19.1. The first-order valence-corrected chi connectivity index (χ1v) is 29.4. The Kier molecular flexibility index (Phi) is 16.5. The number of alkyl carbamates (subject to hydrolysis) is 2. The second-order valence-corrected chi connectivity index (χ2v) is 23.1. The zero-order valence-corrected chi connectivity index (χ0v) is 46.8. The number of benzene rings is 4. The van der Waals surface area contributed by atoms with Gasteiger partial charge in [-0.25, -0.2) is 37.1 Å². The van der Waals surface area contributed by atoms with Crippen molar-refractivity contribution in [1.82, 2.24) is 40.4 Å². The van der Waals surface area contributed by atoms with Crippen LogP contribution in [-0.4, -0.2) is 138 Å². The molecular weight excluding hydrogens is 1080 g/mol. The summed E-state index contributed by atoms with van der Waals surface area (Å²) in [5.74, 6) is -2.11. The van der Waals surface area contributed by atoms with E-state index in [0.29, 0.717) is 144 Å². The van der Waals surface area contributed by atoms with E-state index in [1.807, 2.05) is 23.1 Å². The van der Waals surface area contributed by atoms with Crippen LogP contribution in [-0.2, 0) is 23.7 Å². The largest absolute Gasteiger partial charge is 0.453 e. The number of piperidine rings is 1. The number of methoxy groups -OCH3 is 2. The van der Waals surface area contributed by atoms with Gasteiger partial charge >= 0.3 is 12.2 Å². The molecule has 12 rings (SSSR count). The van der Waals surface area contributed by atoms with Crippen LogP contribution in [0.3, 0.4) is 0 Å². The van der Waals surface area contributed by atoms with Gasteiger partial charge in [-0.05, 0) is 137 Å². The number of carbonyl (C=O) groups is 3. The van der Waals surface area contributed by atoms with Gasteiger partial charge in [-0.1, -0.05) is 30.3 Å². The number of anilines is 2. The van der Waals surface area contributed by atoms with Crippen LogP contribution in [0.5, 0.6) is 0 Å². The lowest BCUT2D eigenvalue weighted by molar-refractivity contribution is -0.136. The number of nitrogens with one attached hydrogen (secondary N) is 4. The maximum atomic E-state index is 17.1. The number of nitrogens with zero attached hydrogens (tertiary/aromatic N) is 6. The van der Waals surface area contributed by atoms with E-state index in [1.54, 1.807) is 26.8 Å². The zero-order chi connectivity index (χ0) is 57.5. The van der Waals surface area contributed by atoms with Crippen molar-refractivity contribution in [2.24, 2.45) is 11.8 Å². The minimum absolute atomic E-state index is 0.0767. The molecule has 7 atom stereocenters. The van der Waals surface area contributed by atoms with Gasteiger partial charge in [-0.2, -0.15) is 0 Å². The highest BCUT2D eigenvalue weighted by Crippen LogP contribution is 2.50. The number of aliphatic hydroxyl groups excluding tert-OH is 1. The molecule has 0 aliphatic carbocycles. The van der Waals surface area contributed by atoms with E-state index in [2.05, 4.69) is 32.7 Å². The van der Waals surface area contributed by atoms with Gasteiger partial charge in [0.2, 0.25) is 5.91 Å². The lowest BCUT2D eigenvalue weighted by Gasteiger charge is -2.39. The Labute approximate surface area is 478 Å². The van der Waals surface area contributed by atoms with Crippen LogP contribution in [0.1, 0.15) is 135 Å². The Balaban J connectivity index is 0.870. The normalized spacial score (nSPS) is 23.5. The maximum absolute atomic E-state index is 17.1. The Morgan fingerprint density at radius 1 is 0.627 bits per heavy atom. The molecule has 0 radical (unpaired) electrons. The fraction of sp³-hybridized carbons (Fsp3) is 0.525. The number of ether oxygens (including phenoxy) is 4. The van der Waals surface area contributed by atoms with Gasteiger partial charge in [0.05, 0.1) is 66.5 Å². The number of H-pyrrole nitrogens is 2. The number of likely N-dealkylation sites (tertiary alicyclic amines) is 2. The number of carbonyl (C=O) groups excluding carboxylic acids is 3. The number of halogens is 4. The third-order valence-electron chi connectivity index (χ3n) is 18.6. The van der Waals surface area contributed by atoms with Gasteiger partial charge in [0, 0.05) is 69.4 Å². The molecule has 18 nitrogen and oxygen atoms in total. The molecule has 6 aromatic rings. The summed E-state index contributed by atoms with van der Waals surface area (Å²) in [4.78, 5) is 63.2. The van der Waals surface area contributed by atoms with Gasteiger partial charge < -0.3 is 59.4 Å². The number of amides is 3. The van der Waals surface area contributed by atoms with Crippen molar-refractivity contribution in [2.75, 3.05) is 76.6 Å². The van der Waals surface area contributed by atoms with Crippen molar-refractivity contribution in [1.29, 1.82) is 0 Å². The Bertz CT molecular complexity index is 3290. The first-order chi connectivity index (χ1) is 40.3. The fourth-order valence-electron chi connectivity index (χ4n) is 14.3. The van der Waals surface area contributed by atoms with Crippen LogP contribution in [0, 0.1) is 35.1 Å². The van der Waals surface area contributed by atoms with Crippen LogP contribution in [0.15, 0.2) is 66.7 Å². The summed E-state index contributed by atoms with van der Waals surface area (Å²) in [6, 6.07) is 14.5. The average molecular weight is 1150 g/mol. The van der Waals surface area contributed by atoms with Crippen LogP contribution in [0.25, 0.3) is 22.1 Å². The van der Waals surface area contributed by atoms with E-state index in [9.17, 15) is 19.5 Å². The molecule has 6 saturated heterocycles. The molecule has 8 heterocycles. The average Bonchev–Trinajstić information content (AvgIpc) is 3.97. The molecule has 4 aromatic carbocycles. The number of rotatable bonds is 14. The standard InChI is InChI=1S/C61H72F4N10O8/c1-80-60(78)70-53(36-16-24-82-25-17-36)58(76)73-20-6-10-51(73)56-66-45-30-39(41(62)32-47(45)68-56)49-12-13-50(75(49)38-28-43(64)55(44(65)29-38)72-22-14-35(15-23-72)34-8-4-3-5-9-34)40-31-46-48(33-42(40)63)69-57(67-46)52-11-7-21-74(52)59(77)54(71-61(79)81-2)37-18-26-83-27-19-37/h3-5,8-9,28-33,35-37,49-54,58,76H,6-7,10-27H2,1-2H3,(H,66,68)(H,67,69)(H,70,78)(H,71,79)/t49-,50-,51+,52+,53+,54+,58?/m1/s1. The number of hydrogen-bond acceptors (Lipinski definition) is 13. The Morgan fingerprint density at radius 2 is 1.17 bits per heavy atom. The predicted octanol–water partition coefficient (Wildman–Crippen LogP) is 9.88. The van der Waals surface area contributed by atoms with Gasteiger partial charge in [0.25, 0.3) is 0 Å². The molecule has 2 aromatic heterocycles. The Hall–Kier alpha value is -7.01. The fourth-order valence-corrected chi connectivity index (χ4v) is 14.3. The smallest absolute Gasteiger partial charge is 0.407 e. The summed E-state index contributed by atoms with van der Waals surface area (Å²) >= 11 is 0. The van der Waals surface area contributed by atoms with E-state index in [4.69, 9.17) is 28.9 Å². The first-order valence-electron chi connectivity index (χ1n) is 29.4. The van der Waals surface area contributed by atoms with E-state index in [1.165, 1.54) is 44.0 Å². The minimum Gasteiger partial charge on any atom is -0.453 e. The SMILES string of the molecule is COC(=O)N[C@@H](C1CCOCC1)C(O)N1CCC[C@H]1c1nc2cc([C@H]3CC[C@H](c4cc5nc([C@@H]6CCCN6C(=O)[C@@H](NC(=O)OC)C6CCOCC6)[nH]c5cc4F)N3c3cc(F)c(N4CCC(c5ccccc5)CC4)c(F)c3)c(F)cc2[nH]1. The monoisotopic (exact) mass is 1150 g/mol. The first kappa shape index (κ1) is 56.5. The lowest BCUT2D eigenvalue weighted by atomic mass is 9.89. The molecule has 83 heavy (non-hydrogen) atoms.